The SMILES string of the molecule is CCNc1ccc(Cl)cc1C(=O)NC(C)CC(F)(F)F. The second-order valence-corrected chi connectivity index (χ2v) is 4.85. The van der Waals surface area contributed by atoms with Gasteiger partial charge in [-0.3, -0.25) is 4.79 Å². The Morgan fingerprint density at radius 1 is 1.40 bits per heavy atom. The van der Waals surface area contributed by atoms with Crippen molar-refractivity contribution in [1.29, 1.82) is 0 Å². The number of anilines is 1. The first-order valence-electron chi connectivity index (χ1n) is 6.14. The number of nitrogens with one attached hydrogen (secondary N) is 2. The van der Waals surface area contributed by atoms with Crippen LogP contribution in [0.1, 0.15) is 30.6 Å². The molecule has 3 nitrogen and oxygen atoms in total. The Balaban J connectivity index is 2.83. The maximum atomic E-state index is 12.2. The average Bonchev–Trinajstić information content (AvgIpc) is 2.29. The van der Waals surface area contributed by atoms with E-state index in [0.29, 0.717) is 17.3 Å². The van der Waals surface area contributed by atoms with Crippen LogP contribution < -0.4 is 10.6 Å². The number of benzene rings is 1. The highest BCUT2D eigenvalue weighted by Crippen LogP contribution is 2.23. The third-order valence-electron chi connectivity index (χ3n) is 2.51. The molecule has 0 aliphatic rings. The van der Waals surface area contributed by atoms with E-state index in [1.807, 2.05) is 6.92 Å². The van der Waals surface area contributed by atoms with Gasteiger partial charge in [0.2, 0.25) is 0 Å². The fraction of sp³-hybridized carbons (Fsp3) is 0.462. The molecule has 20 heavy (non-hydrogen) atoms. The van der Waals surface area contributed by atoms with Crippen LogP contribution in [-0.4, -0.2) is 24.7 Å². The summed E-state index contributed by atoms with van der Waals surface area (Å²) in [5, 5.41) is 5.63. The van der Waals surface area contributed by atoms with Gasteiger partial charge in [-0.15, -0.1) is 0 Å². The molecule has 0 aliphatic carbocycles. The molecule has 1 aromatic carbocycles. The van der Waals surface area contributed by atoms with Gasteiger partial charge in [-0.25, -0.2) is 0 Å². The zero-order valence-electron chi connectivity index (χ0n) is 11.1. The van der Waals surface area contributed by atoms with E-state index in [2.05, 4.69) is 10.6 Å². The Labute approximate surface area is 120 Å². The van der Waals surface area contributed by atoms with E-state index in [4.69, 9.17) is 11.6 Å². The molecule has 0 bridgehead atoms. The summed E-state index contributed by atoms with van der Waals surface area (Å²) >= 11 is 5.82. The molecule has 1 atom stereocenters. The molecule has 1 aromatic rings. The molecule has 7 heteroatoms. The fourth-order valence-electron chi connectivity index (χ4n) is 1.75. The second kappa shape index (κ2) is 6.83. The fourth-order valence-corrected chi connectivity index (χ4v) is 1.92. The number of amides is 1. The summed E-state index contributed by atoms with van der Waals surface area (Å²) in [6, 6.07) is 3.65. The summed E-state index contributed by atoms with van der Waals surface area (Å²) in [6.45, 7) is 3.74. The highest BCUT2D eigenvalue weighted by atomic mass is 35.5. The first-order chi connectivity index (χ1) is 9.23. The highest BCUT2D eigenvalue weighted by Gasteiger charge is 2.30. The lowest BCUT2D eigenvalue weighted by Crippen LogP contribution is -2.36. The van der Waals surface area contributed by atoms with Gasteiger partial charge in [-0.05, 0) is 32.0 Å². The Morgan fingerprint density at radius 3 is 2.60 bits per heavy atom. The molecular weight excluding hydrogens is 293 g/mol. The second-order valence-electron chi connectivity index (χ2n) is 4.41. The lowest BCUT2D eigenvalue weighted by molar-refractivity contribution is -0.138. The molecule has 0 radical (unpaired) electrons. The quantitative estimate of drug-likeness (QED) is 0.867. The van der Waals surface area contributed by atoms with E-state index in [1.54, 1.807) is 12.1 Å². The number of carbonyl (C=O) groups is 1. The predicted molar refractivity (Wildman–Crippen MR) is 73.2 cm³/mol. The maximum absolute atomic E-state index is 12.2. The van der Waals surface area contributed by atoms with Crippen LogP contribution in [0.25, 0.3) is 0 Å². The van der Waals surface area contributed by atoms with Crippen LogP contribution in [0, 0.1) is 0 Å². The minimum Gasteiger partial charge on any atom is -0.385 e. The van der Waals surface area contributed by atoms with Crippen molar-refractivity contribution in [2.75, 3.05) is 11.9 Å². The minimum absolute atomic E-state index is 0.230. The number of carbonyl (C=O) groups excluding carboxylic acids is 1. The molecular formula is C13H16ClF3N2O. The Hall–Kier alpha value is -1.43. The molecule has 0 fully saturated rings. The molecule has 1 rings (SSSR count). The van der Waals surface area contributed by atoms with Crippen LogP contribution >= 0.6 is 11.6 Å². The van der Waals surface area contributed by atoms with Gasteiger partial charge in [0.05, 0.1) is 12.0 Å². The third kappa shape index (κ3) is 5.28. The molecule has 1 unspecified atom stereocenters. The minimum atomic E-state index is -4.31. The lowest BCUT2D eigenvalue weighted by atomic mass is 10.1. The molecule has 1 amide bonds. The van der Waals surface area contributed by atoms with Gasteiger partial charge in [0.15, 0.2) is 0 Å². The first-order valence-corrected chi connectivity index (χ1v) is 6.51. The van der Waals surface area contributed by atoms with Gasteiger partial charge in [-0.2, -0.15) is 13.2 Å². The van der Waals surface area contributed by atoms with Gasteiger partial charge in [-0.1, -0.05) is 11.6 Å². The van der Waals surface area contributed by atoms with E-state index in [0.717, 1.165) is 0 Å². The number of alkyl halides is 3. The summed E-state index contributed by atoms with van der Waals surface area (Å²) in [4.78, 5) is 12.0. The van der Waals surface area contributed by atoms with Gasteiger partial charge in [0.1, 0.15) is 0 Å². The van der Waals surface area contributed by atoms with Gasteiger partial charge >= 0.3 is 6.18 Å². The predicted octanol–water partition coefficient (Wildman–Crippen LogP) is 3.84. The van der Waals surface area contributed by atoms with Crippen LogP contribution in [0.15, 0.2) is 18.2 Å². The van der Waals surface area contributed by atoms with E-state index in [-0.39, 0.29) is 5.56 Å². The summed E-state index contributed by atoms with van der Waals surface area (Å²) < 4.78 is 36.7. The van der Waals surface area contributed by atoms with Crippen LogP contribution in [0.5, 0.6) is 0 Å². The van der Waals surface area contributed by atoms with Crippen molar-refractivity contribution in [3.8, 4) is 0 Å². The summed E-state index contributed by atoms with van der Waals surface area (Å²) in [5.41, 5.74) is 0.766. The van der Waals surface area contributed by atoms with Gasteiger partial charge < -0.3 is 10.6 Å². The average molecular weight is 309 g/mol. The van der Waals surface area contributed by atoms with Crippen molar-refractivity contribution in [1.82, 2.24) is 5.32 Å². The largest absolute Gasteiger partial charge is 0.391 e. The maximum Gasteiger partial charge on any atom is 0.391 e. The summed E-state index contributed by atoms with van der Waals surface area (Å²) in [7, 11) is 0. The molecule has 0 aliphatic heterocycles. The molecule has 0 spiro atoms. The van der Waals surface area contributed by atoms with E-state index in [9.17, 15) is 18.0 Å². The molecule has 0 heterocycles. The van der Waals surface area contributed by atoms with Crippen molar-refractivity contribution in [2.45, 2.75) is 32.5 Å². The smallest absolute Gasteiger partial charge is 0.385 e. The number of halogens is 4. The van der Waals surface area contributed by atoms with Crippen molar-refractivity contribution >= 4 is 23.2 Å². The summed E-state index contributed by atoms with van der Waals surface area (Å²) in [5.74, 6) is -0.583. The van der Waals surface area contributed by atoms with Crippen LogP contribution in [0.3, 0.4) is 0 Å². The zero-order valence-corrected chi connectivity index (χ0v) is 11.9. The van der Waals surface area contributed by atoms with E-state index >= 15 is 0 Å². The summed E-state index contributed by atoms with van der Waals surface area (Å²) in [6.07, 6.45) is -5.39. The van der Waals surface area contributed by atoms with Gasteiger partial charge in [0, 0.05) is 23.3 Å². The van der Waals surface area contributed by atoms with Crippen molar-refractivity contribution in [3.05, 3.63) is 28.8 Å². The molecule has 112 valence electrons. The normalized spacial score (nSPS) is 12.9. The Morgan fingerprint density at radius 2 is 2.05 bits per heavy atom. The highest BCUT2D eigenvalue weighted by molar-refractivity contribution is 6.31. The molecule has 0 saturated carbocycles. The molecule has 0 aromatic heterocycles. The standard InChI is InChI=1S/C13H16ClF3N2O/c1-3-18-11-5-4-9(14)6-10(11)12(20)19-8(2)7-13(15,16)17/h4-6,8,18H,3,7H2,1-2H3,(H,19,20). The van der Waals surface area contributed by atoms with Crippen LogP contribution in [0.2, 0.25) is 5.02 Å². The first kappa shape index (κ1) is 16.6. The Kier molecular flexibility index (Phi) is 5.68. The third-order valence-corrected chi connectivity index (χ3v) is 2.74. The Bertz CT molecular complexity index is 477. The lowest BCUT2D eigenvalue weighted by Gasteiger charge is -2.17. The zero-order chi connectivity index (χ0) is 15.3. The van der Waals surface area contributed by atoms with Crippen molar-refractivity contribution < 1.29 is 18.0 Å². The van der Waals surface area contributed by atoms with Gasteiger partial charge in [0.25, 0.3) is 5.91 Å². The van der Waals surface area contributed by atoms with Crippen molar-refractivity contribution in [3.63, 3.8) is 0 Å². The van der Waals surface area contributed by atoms with Crippen molar-refractivity contribution in [2.24, 2.45) is 0 Å². The topological polar surface area (TPSA) is 41.1 Å². The monoisotopic (exact) mass is 308 g/mol. The van der Waals surface area contributed by atoms with E-state index < -0.39 is 24.5 Å². The van der Waals surface area contributed by atoms with Crippen LogP contribution in [0.4, 0.5) is 18.9 Å². The van der Waals surface area contributed by atoms with Crippen LogP contribution in [-0.2, 0) is 0 Å². The number of hydrogen-bond donors (Lipinski definition) is 2. The number of rotatable bonds is 5. The molecule has 2 N–H and O–H groups in total. The molecule has 0 saturated heterocycles. The number of hydrogen-bond acceptors (Lipinski definition) is 2. The van der Waals surface area contributed by atoms with E-state index in [1.165, 1.54) is 13.0 Å².